The van der Waals surface area contributed by atoms with Crippen molar-refractivity contribution in [2.24, 2.45) is 0 Å². The lowest BCUT2D eigenvalue weighted by Gasteiger charge is -2.13. The van der Waals surface area contributed by atoms with Crippen molar-refractivity contribution in [2.75, 3.05) is 0 Å². The SMILES string of the molecule is CCCc1nnc(Cl)n1-c1ccc(Br)c(C(F)(F)F)c1. The fourth-order valence-electron chi connectivity index (χ4n) is 1.81. The fourth-order valence-corrected chi connectivity index (χ4v) is 2.51. The highest BCUT2D eigenvalue weighted by Gasteiger charge is 2.33. The number of rotatable bonds is 3. The second-order valence-corrected chi connectivity index (χ2v) is 5.32. The number of aromatic nitrogens is 3. The Hall–Kier alpha value is -1.08. The minimum Gasteiger partial charge on any atom is -0.270 e. The van der Waals surface area contributed by atoms with Gasteiger partial charge in [0.05, 0.1) is 11.3 Å². The van der Waals surface area contributed by atoms with Crippen molar-refractivity contribution in [3.8, 4) is 5.69 Å². The number of nitrogens with zero attached hydrogens (tertiary/aromatic N) is 3. The Labute approximate surface area is 126 Å². The van der Waals surface area contributed by atoms with Crippen molar-refractivity contribution < 1.29 is 13.2 Å². The van der Waals surface area contributed by atoms with Gasteiger partial charge in [0.25, 0.3) is 0 Å². The summed E-state index contributed by atoms with van der Waals surface area (Å²) in [4.78, 5) is 0. The molecule has 2 rings (SSSR count). The van der Waals surface area contributed by atoms with Crippen LogP contribution in [0.1, 0.15) is 24.7 Å². The Morgan fingerprint density at radius 3 is 2.60 bits per heavy atom. The Morgan fingerprint density at radius 2 is 2.00 bits per heavy atom. The van der Waals surface area contributed by atoms with Gasteiger partial charge in [0.15, 0.2) is 0 Å². The van der Waals surface area contributed by atoms with Gasteiger partial charge in [0.1, 0.15) is 5.82 Å². The maximum atomic E-state index is 12.9. The van der Waals surface area contributed by atoms with Crippen LogP contribution in [-0.2, 0) is 12.6 Å². The summed E-state index contributed by atoms with van der Waals surface area (Å²) in [5, 5.41) is 7.64. The molecule has 1 aromatic heterocycles. The molecule has 0 aliphatic carbocycles. The summed E-state index contributed by atoms with van der Waals surface area (Å²) in [5.41, 5.74) is -0.471. The van der Waals surface area contributed by atoms with Crippen LogP contribution in [0.15, 0.2) is 22.7 Å². The van der Waals surface area contributed by atoms with E-state index >= 15 is 0 Å². The lowest BCUT2D eigenvalue weighted by molar-refractivity contribution is -0.138. The minimum absolute atomic E-state index is 0.0185. The molecule has 0 saturated heterocycles. The lowest BCUT2D eigenvalue weighted by atomic mass is 10.2. The quantitative estimate of drug-likeness (QED) is 0.789. The first-order valence-corrected chi connectivity index (χ1v) is 6.98. The van der Waals surface area contributed by atoms with Gasteiger partial charge in [-0.2, -0.15) is 13.2 Å². The van der Waals surface area contributed by atoms with Gasteiger partial charge >= 0.3 is 6.18 Å². The molecule has 8 heteroatoms. The number of benzene rings is 1. The highest BCUT2D eigenvalue weighted by molar-refractivity contribution is 9.10. The molecule has 0 spiro atoms. The average molecular weight is 369 g/mol. The van der Waals surface area contributed by atoms with Crippen molar-refractivity contribution in [1.29, 1.82) is 0 Å². The largest absolute Gasteiger partial charge is 0.417 e. The molecule has 0 bridgehead atoms. The van der Waals surface area contributed by atoms with Gasteiger partial charge in [0.2, 0.25) is 5.28 Å². The molecule has 0 atom stereocenters. The van der Waals surface area contributed by atoms with E-state index in [2.05, 4.69) is 26.1 Å². The predicted molar refractivity (Wildman–Crippen MR) is 73.1 cm³/mol. The Morgan fingerprint density at radius 1 is 1.30 bits per heavy atom. The summed E-state index contributed by atoms with van der Waals surface area (Å²) >= 11 is 8.82. The molecule has 0 aliphatic heterocycles. The van der Waals surface area contributed by atoms with Crippen LogP contribution < -0.4 is 0 Å². The van der Waals surface area contributed by atoms with Crippen LogP contribution in [0.3, 0.4) is 0 Å². The zero-order valence-corrected chi connectivity index (χ0v) is 12.7. The first kappa shape index (κ1) is 15.3. The van der Waals surface area contributed by atoms with E-state index in [-0.39, 0.29) is 9.76 Å². The number of hydrogen-bond donors (Lipinski definition) is 0. The highest BCUT2D eigenvalue weighted by atomic mass is 79.9. The van der Waals surface area contributed by atoms with Gasteiger partial charge in [-0.3, -0.25) is 4.57 Å². The van der Waals surface area contributed by atoms with E-state index in [9.17, 15) is 13.2 Å². The molecule has 20 heavy (non-hydrogen) atoms. The molecule has 0 amide bonds. The number of halogens is 5. The third kappa shape index (κ3) is 2.98. The van der Waals surface area contributed by atoms with Gasteiger partial charge in [-0.15, -0.1) is 10.2 Å². The first-order chi connectivity index (χ1) is 9.34. The fraction of sp³-hybridized carbons (Fsp3) is 0.333. The summed E-state index contributed by atoms with van der Waals surface area (Å²) < 4.78 is 40.2. The molecule has 2 aromatic rings. The number of hydrogen-bond acceptors (Lipinski definition) is 2. The molecule has 0 radical (unpaired) electrons. The van der Waals surface area contributed by atoms with Crippen molar-refractivity contribution in [1.82, 2.24) is 14.8 Å². The van der Waals surface area contributed by atoms with Gasteiger partial charge in [-0.05, 0) is 36.2 Å². The van der Waals surface area contributed by atoms with E-state index < -0.39 is 11.7 Å². The van der Waals surface area contributed by atoms with E-state index in [0.29, 0.717) is 17.9 Å². The van der Waals surface area contributed by atoms with Crippen molar-refractivity contribution in [3.05, 3.63) is 39.3 Å². The monoisotopic (exact) mass is 367 g/mol. The molecule has 3 nitrogen and oxygen atoms in total. The maximum Gasteiger partial charge on any atom is 0.417 e. The third-order valence-corrected chi connectivity index (χ3v) is 3.61. The molecule has 0 unspecified atom stereocenters. The van der Waals surface area contributed by atoms with Gasteiger partial charge in [0, 0.05) is 10.9 Å². The molecule has 1 aromatic carbocycles. The van der Waals surface area contributed by atoms with Crippen LogP contribution in [-0.4, -0.2) is 14.8 Å². The summed E-state index contributed by atoms with van der Waals surface area (Å²) in [6.07, 6.45) is -3.07. The van der Waals surface area contributed by atoms with Crippen molar-refractivity contribution in [3.63, 3.8) is 0 Å². The van der Waals surface area contributed by atoms with Crippen LogP contribution >= 0.6 is 27.5 Å². The van der Waals surface area contributed by atoms with Gasteiger partial charge in [-0.1, -0.05) is 22.9 Å². The third-order valence-electron chi connectivity index (χ3n) is 2.68. The summed E-state index contributed by atoms with van der Waals surface area (Å²) in [6.45, 7) is 1.94. The van der Waals surface area contributed by atoms with E-state index in [0.717, 1.165) is 12.5 Å². The number of alkyl halides is 3. The van der Waals surface area contributed by atoms with Crippen LogP contribution in [0.4, 0.5) is 13.2 Å². The summed E-state index contributed by atoms with van der Waals surface area (Å²) in [7, 11) is 0. The summed E-state index contributed by atoms with van der Waals surface area (Å²) in [5.74, 6) is 0.535. The predicted octanol–water partition coefficient (Wildman–Crippen LogP) is 4.65. The molecule has 0 N–H and O–H groups in total. The molecular formula is C12H10BrClF3N3. The second-order valence-electron chi connectivity index (χ2n) is 4.13. The smallest absolute Gasteiger partial charge is 0.270 e. The van der Waals surface area contributed by atoms with Crippen molar-refractivity contribution >= 4 is 27.5 Å². The summed E-state index contributed by atoms with van der Waals surface area (Å²) in [6, 6.07) is 3.90. The second kappa shape index (κ2) is 5.73. The van der Waals surface area contributed by atoms with Crippen LogP contribution in [0.25, 0.3) is 5.69 Å². The standard InChI is InChI=1S/C12H10BrClF3N3/c1-2-3-10-18-19-11(14)20(10)7-4-5-9(13)8(6-7)12(15,16)17/h4-6H,2-3H2,1H3. The zero-order valence-electron chi connectivity index (χ0n) is 10.4. The van der Waals surface area contributed by atoms with E-state index in [1.165, 1.54) is 16.7 Å². The van der Waals surface area contributed by atoms with Gasteiger partial charge < -0.3 is 0 Å². The van der Waals surface area contributed by atoms with E-state index in [1.807, 2.05) is 6.92 Å². The first-order valence-electron chi connectivity index (χ1n) is 5.81. The van der Waals surface area contributed by atoms with E-state index in [1.54, 1.807) is 0 Å². The number of aryl methyl sites for hydroxylation is 1. The molecule has 108 valence electrons. The van der Waals surface area contributed by atoms with Crippen LogP contribution in [0.2, 0.25) is 5.28 Å². The molecular weight excluding hydrogens is 359 g/mol. The maximum absolute atomic E-state index is 12.9. The van der Waals surface area contributed by atoms with E-state index in [4.69, 9.17) is 11.6 Å². The van der Waals surface area contributed by atoms with Gasteiger partial charge in [-0.25, -0.2) is 0 Å². The Balaban J connectivity index is 2.57. The highest BCUT2D eigenvalue weighted by Crippen LogP contribution is 2.36. The molecule has 0 aliphatic rings. The van der Waals surface area contributed by atoms with Crippen molar-refractivity contribution in [2.45, 2.75) is 25.9 Å². The normalized spacial score (nSPS) is 11.9. The Bertz CT molecular complexity index is 625. The molecule has 1 heterocycles. The van der Waals surface area contributed by atoms with Crippen LogP contribution in [0, 0.1) is 0 Å². The minimum atomic E-state index is -4.44. The Kier molecular flexibility index (Phi) is 4.39. The lowest BCUT2D eigenvalue weighted by Crippen LogP contribution is -2.08. The van der Waals surface area contributed by atoms with Crippen LogP contribution in [0.5, 0.6) is 0 Å². The topological polar surface area (TPSA) is 30.7 Å². The molecule has 0 saturated carbocycles. The zero-order chi connectivity index (χ0) is 14.9. The average Bonchev–Trinajstić information content (AvgIpc) is 2.71. The molecule has 0 fully saturated rings.